The van der Waals surface area contributed by atoms with Gasteiger partial charge in [-0.15, -0.1) is 0 Å². The molecule has 0 N–H and O–H groups in total. The zero-order valence-electron chi connectivity index (χ0n) is 19.0. The molecule has 0 spiro atoms. The normalized spacial score (nSPS) is 35.2. The molecule has 0 saturated heterocycles. The van der Waals surface area contributed by atoms with Gasteiger partial charge in [0.1, 0.15) is 0 Å². The topological polar surface area (TPSA) is 68.3 Å². The van der Waals surface area contributed by atoms with Crippen molar-refractivity contribution in [2.24, 2.45) is 47.3 Å². The van der Waals surface area contributed by atoms with Gasteiger partial charge in [-0.1, -0.05) is 60.7 Å². The molecule has 2 saturated carbocycles. The summed E-state index contributed by atoms with van der Waals surface area (Å²) in [7, 11) is -6.57. The van der Waals surface area contributed by atoms with Gasteiger partial charge >= 0.3 is 0 Å². The molecule has 6 heteroatoms. The van der Waals surface area contributed by atoms with Crippen LogP contribution in [0, 0.1) is 47.3 Å². The minimum absolute atomic E-state index is 0.184. The number of sulfone groups is 2. The van der Waals surface area contributed by atoms with Crippen molar-refractivity contribution in [3.63, 3.8) is 0 Å². The van der Waals surface area contributed by atoms with Gasteiger partial charge in [0.05, 0.1) is 21.3 Å². The number of hydrogen-bond acceptors (Lipinski definition) is 4. The van der Waals surface area contributed by atoms with Crippen LogP contribution in [0.4, 0.5) is 0 Å². The molecule has 4 nitrogen and oxygen atoms in total. The van der Waals surface area contributed by atoms with E-state index >= 15 is 0 Å². The Balaban J connectivity index is 1.16. The van der Waals surface area contributed by atoms with E-state index in [0.717, 1.165) is 0 Å². The minimum atomic E-state index is -3.28. The van der Waals surface area contributed by atoms with Crippen LogP contribution in [0.3, 0.4) is 0 Å². The summed E-state index contributed by atoms with van der Waals surface area (Å²) in [6.45, 7) is 0. The lowest BCUT2D eigenvalue weighted by Gasteiger charge is -2.25. The molecule has 0 bridgehead atoms. The van der Waals surface area contributed by atoms with Crippen molar-refractivity contribution in [1.29, 1.82) is 0 Å². The van der Waals surface area contributed by atoms with Crippen molar-refractivity contribution >= 4 is 19.7 Å². The van der Waals surface area contributed by atoms with Gasteiger partial charge in [-0.05, 0) is 84.5 Å². The van der Waals surface area contributed by atoms with Crippen LogP contribution in [-0.2, 0) is 19.7 Å². The Morgan fingerprint density at radius 2 is 0.824 bits per heavy atom. The highest BCUT2D eigenvalue weighted by Crippen LogP contribution is 2.68. The maximum Gasteiger partial charge on any atom is 0.178 e. The third-order valence-corrected chi connectivity index (χ3v) is 12.5. The van der Waals surface area contributed by atoms with Crippen LogP contribution in [0.15, 0.2) is 94.8 Å². The van der Waals surface area contributed by atoms with Gasteiger partial charge in [0.2, 0.25) is 0 Å². The van der Waals surface area contributed by atoms with Crippen LogP contribution >= 0.6 is 0 Å². The molecule has 0 radical (unpaired) electrons. The van der Waals surface area contributed by atoms with Gasteiger partial charge in [0, 0.05) is 0 Å². The number of hydrogen-bond donors (Lipinski definition) is 0. The molecule has 0 heterocycles. The summed E-state index contributed by atoms with van der Waals surface area (Å²) in [6.07, 6.45) is 10.7. The fourth-order valence-corrected chi connectivity index (χ4v) is 10.4. The maximum absolute atomic E-state index is 12.9. The standard InChI is InChI=1S/C28H30O4S2/c29-33(30,19-7-3-1-4-8-19)17-15-21-23-11-13-25-22(26-14-12-24(21)28(26)27(23)25)16-18-34(31,32)20-9-5-2-6-10-20/h1-14,21-28H,15-18H2/t21?,22?,23-,24-,25-,26+,27?,28?/m0/s1. The summed E-state index contributed by atoms with van der Waals surface area (Å²) >= 11 is 0. The molecule has 0 aromatic heterocycles. The van der Waals surface area contributed by atoms with Crippen molar-refractivity contribution in [2.45, 2.75) is 22.6 Å². The first-order valence-electron chi connectivity index (χ1n) is 12.3. The second kappa shape index (κ2) is 8.20. The van der Waals surface area contributed by atoms with Gasteiger partial charge in [-0.25, -0.2) is 16.8 Å². The Labute approximate surface area is 202 Å². The first-order chi connectivity index (χ1) is 16.4. The predicted molar refractivity (Wildman–Crippen MR) is 132 cm³/mol. The second-order valence-electron chi connectivity index (χ2n) is 10.4. The van der Waals surface area contributed by atoms with Gasteiger partial charge < -0.3 is 0 Å². The van der Waals surface area contributed by atoms with E-state index < -0.39 is 19.7 Å². The van der Waals surface area contributed by atoms with E-state index in [1.807, 2.05) is 12.1 Å². The molecule has 8 atom stereocenters. The van der Waals surface area contributed by atoms with E-state index in [1.54, 1.807) is 48.5 Å². The van der Waals surface area contributed by atoms with Crippen LogP contribution in [0.5, 0.6) is 0 Å². The van der Waals surface area contributed by atoms with E-state index in [0.29, 0.717) is 70.0 Å². The maximum atomic E-state index is 12.9. The lowest BCUT2D eigenvalue weighted by molar-refractivity contribution is 0.284. The third-order valence-electron chi connectivity index (χ3n) is 8.96. The fourth-order valence-electron chi connectivity index (χ4n) is 7.64. The molecule has 178 valence electrons. The lowest BCUT2D eigenvalue weighted by Crippen LogP contribution is -2.23. The quantitative estimate of drug-likeness (QED) is 0.494. The molecular formula is C28H30O4S2. The average Bonchev–Trinajstić information content (AvgIpc) is 3.58. The van der Waals surface area contributed by atoms with Gasteiger partial charge in [0.15, 0.2) is 19.7 Å². The summed E-state index contributed by atoms with van der Waals surface area (Å²) in [4.78, 5) is 0.820. The highest BCUT2D eigenvalue weighted by Gasteiger charge is 2.63. The Bertz CT molecular complexity index is 1200. The molecule has 34 heavy (non-hydrogen) atoms. The van der Waals surface area contributed by atoms with Crippen LogP contribution in [0.2, 0.25) is 0 Å². The second-order valence-corrected chi connectivity index (χ2v) is 14.6. The van der Waals surface area contributed by atoms with Gasteiger partial charge in [0.25, 0.3) is 0 Å². The van der Waals surface area contributed by atoms with E-state index in [9.17, 15) is 16.8 Å². The summed E-state index contributed by atoms with van der Waals surface area (Å²) < 4.78 is 51.6. The highest BCUT2D eigenvalue weighted by molar-refractivity contribution is 7.91. The van der Waals surface area contributed by atoms with Crippen LogP contribution in [-0.4, -0.2) is 28.3 Å². The van der Waals surface area contributed by atoms with Crippen molar-refractivity contribution in [3.8, 4) is 0 Å². The number of benzene rings is 2. The van der Waals surface area contributed by atoms with Crippen molar-refractivity contribution in [3.05, 3.63) is 85.0 Å². The third kappa shape index (κ3) is 3.53. The molecule has 0 amide bonds. The summed E-state index contributed by atoms with van der Waals surface area (Å²) in [5.41, 5.74) is 0. The van der Waals surface area contributed by atoms with E-state index in [-0.39, 0.29) is 11.5 Å². The smallest absolute Gasteiger partial charge is 0.178 e. The Morgan fingerprint density at radius 3 is 1.15 bits per heavy atom. The molecule has 4 aliphatic carbocycles. The zero-order chi connectivity index (χ0) is 23.5. The Hall–Kier alpha value is -2.18. The minimum Gasteiger partial charge on any atom is -0.224 e. The average molecular weight is 495 g/mol. The van der Waals surface area contributed by atoms with E-state index in [4.69, 9.17) is 0 Å². The molecule has 6 rings (SSSR count). The van der Waals surface area contributed by atoms with E-state index in [2.05, 4.69) is 24.3 Å². The molecule has 4 aliphatic rings. The van der Waals surface area contributed by atoms with Crippen LogP contribution in [0.1, 0.15) is 12.8 Å². The van der Waals surface area contributed by atoms with Crippen LogP contribution in [0.25, 0.3) is 0 Å². The first kappa shape index (κ1) is 22.3. The van der Waals surface area contributed by atoms with Crippen molar-refractivity contribution in [1.82, 2.24) is 0 Å². The van der Waals surface area contributed by atoms with Gasteiger partial charge in [-0.3, -0.25) is 0 Å². The largest absolute Gasteiger partial charge is 0.224 e. The van der Waals surface area contributed by atoms with Crippen molar-refractivity contribution < 1.29 is 16.8 Å². The number of allylic oxidation sites excluding steroid dienone is 4. The monoisotopic (exact) mass is 494 g/mol. The molecule has 2 fully saturated rings. The molecule has 2 aromatic rings. The molecule has 4 unspecified atom stereocenters. The summed E-state index contributed by atoms with van der Waals surface area (Å²) in [6, 6.07) is 17.5. The summed E-state index contributed by atoms with van der Waals surface area (Å²) in [5, 5.41) is 0. The highest BCUT2D eigenvalue weighted by atomic mass is 32.2. The molecule has 2 aromatic carbocycles. The zero-order valence-corrected chi connectivity index (χ0v) is 20.6. The van der Waals surface area contributed by atoms with Gasteiger partial charge in [-0.2, -0.15) is 0 Å². The summed E-state index contributed by atoms with van der Waals surface area (Å²) in [5.74, 6) is 3.77. The first-order valence-corrected chi connectivity index (χ1v) is 15.6. The number of rotatable bonds is 8. The molecule has 0 aliphatic heterocycles. The van der Waals surface area contributed by atoms with E-state index in [1.165, 1.54) is 0 Å². The molecular weight excluding hydrogens is 464 g/mol. The SMILES string of the molecule is O=S(=O)(CCC1[C@H]2C=C[C@H]3C(CCS(=O)(=O)c4ccccc4)[C@@H]4C=C[C@@H]1C4C23)c1ccccc1. The fraction of sp³-hybridized carbons (Fsp3) is 0.429. The Morgan fingerprint density at radius 1 is 0.500 bits per heavy atom. The lowest BCUT2D eigenvalue weighted by atomic mass is 9.81. The predicted octanol–water partition coefficient (Wildman–Crippen LogP) is 4.81. The Kier molecular flexibility index (Phi) is 5.38. The van der Waals surface area contributed by atoms with Crippen molar-refractivity contribution in [2.75, 3.05) is 11.5 Å². The van der Waals surface area contributed by atoms with Crippen LogP contribution < -0.4 is 0 Å².